The molecule has 0 fully saturated rings. The van der Waals surface area contributed by atoms with Crippen LogP contribution in [0.1, 0.15) is 39.2 Å². The first-order valence-electron chi connectivity index (χ1n) is 10.1. The maximum absolute atomic E-state index is 10.4. The van der Waals surface area contributed by atoms with Crippen LogP contribution in [0.4, 0.5) is 5.69 Å². The fourth-order valence-corrected chi connectivity index (χ4v) is 3.76. The molecule has 0 amide bonds. The highest BCUT2D eigenvalue weighted by molar-refractivity contribution is 7.71. The summed E-state index contributed by atoms with van der Waals surface area (Å²) in [6.07, 6.45) is 2.83. The molecule has 0 atom stereocenters. The molecular weight excluding hydrogens is 384 g/mol. The van der Waals surface area contributed by atoms with Crippen molar-refractivity contribution in [2.45, 2.75) is 40.0 Å². The van der Waals surface area contributed by atoms with Crippen LogP contribution in [0.2, 0.25) is 0 Å². The van der Waals surface area contributed by atoms with Gasteiger partial charge in [0, 0.05) is 24.8 Å². The van der Waals surface area contributed by atoms with E-state index in [4.69, 9.17) is 12.2 Å². The van der Waals surface area contributed by atoms with E-state index in [1.165, 1.54) is 11.8 Å². The first-order chi connectivity index (χ1) is 14.0. The Morgan fingerprint density at radius 1 is 1.00 bits per heavy atom. The van der Waals surface area contributed by atoms with E-state index in [-0.39, 0.29) is 11.5 Å². The molecule has 0 saturated carbocycles. The summed E-state index contributed by atoms with van der Waals surface area (Å²) in [7, 11) is 0. The highest BCUT2D eigenvalue weighted by Crippen LogP contribution is 2.35. The van der Waals surface area contributed by atoms with Crippen molar-refractivity contribution in [1.29, 1.82) is 0 Å². The molecule has 6 nitrogen and oxygen atoms in total. The van der Waals surface area contributed by atoms with Gasteiger partial charge in [0.25, 0.3) is 0 Å². The molecule has 0 unspecified atom stereocenters. The van der Waals surface area contributed by atoms with E-state index in [0.717, 1.165) is 37.2 Å². The molecule has 3 aromatic rings. The van der Waals surface area contributed by atoms with E-state index in [9.17, 15) is 10.2 Å². The van der Waals surface area contributed by atoms with Crippen LogP contribution in [0.15, 0.2) is 36.4 Å². The summed E-state index contributed by atoms with van der Waals surface area (Å²) in [5, 5.41) is 27.6. The normalized spacial score (nSPS) is 11.0. The topological polar surface area (TPSA) is 77.3 Å². The van der Waals surface area contributed by atoms with Crippen molar-refractivity contribution in [1.82, 2.24) is 14.8 Å². The van der Waals surface area contributed by atoms with E-state index in [1.807, 2.05) is 19.1 Å². The van der Waals surface area contributed by atoms with Gasteiger partial charge in [0.1, 0.15) is 11.5 Å². The Balaban J connectivity index is 2.04. The molecule has 0 bridgehead atoms. The standard InChI is InChI=1S/C22H28N4O2S/c1-4-11-25(12-5-2)16-7-9-17(10-8-16)26-21(23-24-22(26)29)18-13-15(6-3)19(27)14-20(18)28/h7-10,13-14,27-28H,4-6,11-12H2,1-3H3,(H,24,29). The molecule has 2 aromatic carbocycles. The molecule has 3 rings (SSSR count). The Morgan fingerprint density at radius 3 is 2.24 bits per heavy atom. The predicted octanol–water partition coefficient (Wildman–Crippen LogP) is 5.20. The van der Waals surface area contributed by atoms with Crippen molar-refractivity contribution in [2.75, 3.05) is 18.0 Å². The lowest BCUT2D eigenvalue weighted by molar-refractivity contribution is 0.447. The molecule has 0 spiro atoms. The van der Waals surface area contributed by atoms with Gasteiger partial charge in [0.15, 0.2) is 10.6 Å². The van der Waals surface area contributed by atoms with Crippen LogP contribution in [-0.2, 0) is 6.42 Å². The van der Waals surface area contributed by atoms with Gasteiger partial charge in [-0.25, -0.2) is 0 Å². The fraction of sp³-hybridized carbons (Fsp3) is 0.364. The van der Waals surface area contributed by atoms with Crippen molar-refractivity contribution in [2.24, 2.45) is 0 Å². The summed E-state index contributed by atoms with van der Waals surface area (Å²) in [5.74, 6) is 0.545. The van der Waals surface area contributed by atoms with Crippen molar-refractivity contribution >= 4 is 17.9 Å². The van der Waals surface area contributed by atoms with Crippen LogP contribution < -0.4 is 4.90 Å². The third-order valence-electron chi connectivity index (χ3n) is 4.95. The number of H-pyrrole nitrogens is 1. The number of phenolic OH excluding ortho intramolecular Hbond substituents is 2. The molecular formula is C22H28N4O2S. The Labute approximate surface area is 176 Å². The lowest BCUT2D eigenvalue weighted by Crippen LogP contribution is -2.24. The number of hydrogen-bond acceptors (Lipinski definition) is 5. The predicted molar refractivity (Wildman–Crippen MR) is 120 cm³/mol. The van der Waals surface area contributed by atoms with E-state index in [0.29, 0.717) is 22.6 Å². The summed E-state index contributed by atoms with van der Waals surface area (Å²) in [5.41, 5.74) is 3.30. The van der Waals surface area contributed by atoms with Crippen LogP contribution in [0.25, 0.3) is 17.1 Å². The number of nitrogens with zero attached hydrogens (tertiary/aromatic N) is 3. The average molecular weight is 413 g/mol. The van der Waals surface area contributed by atoms with Gasteiger partial charge >= 0.3 is 0 Å². The molecule has 0 aliphatic rings. The van der Waals surface area contributed by atoms with Gasteiger partial charge in [-0.2, -0.15) is 5.10 Å². The van der Waals surface area contributed by atoms with Gasteiger partial charge in [-0.05, 0) is 67.4 Å². The number of nitrogens with one attached hydrogen (secondary N) is 1. The number of aromatic hydroxyl groups is 2. The molecule has 29 heavy (non-hydrogen) atoms. The molecule has 0 aliphatic heterocycles. The van der Waals surface area contributed by atoms with E-state index in [2.05, 4.69) is 41.1 Å². The Morgan fingerprint density at radius 2 is 1.66 bits per heavy atom. The largest absolute Gasteiger partial charge is 0.508 e. The number of phenols is 2. The van der Waals surface area contributed by atoms with E-state index < -0.39 is 0 Å². The second kappa shape index (κ2) is 9.13. The second-order valence-corrected chi connectivity index (χ2v) is 7.43. The van der Waals surface area contributed by atoms with Crippen LogP contribution in [0.3, 0.4) is 0 Å². The molecule has 7 heteroatoms. The smallest absolute Gasteiger partial charge is 0.200 e. The zero-order valence-electron chi connectivity index (χ0n) is 17.1. The third-order valence-corrected chi connectivity index (χ3v) is 5.23. The van der Waals surface area contributed by atoms with Gasteiger partial charge in [-0.1, -0.05) is 20.8 Å². The summed E-state index contributed by atoms with van der Waals surface area (Å²) in [4.78, 5) is 2.37. The molecule has 3 N–H and O–H groups in total. The molecule has 1 aromatic heterocycles. The number of aromatic amines is 1. The Bertz CT molecular complexity index is 1020. The molecule has 0 radical (unpaired) electrons. The average Bonchev–Trinajstić information content (AvgIpc) is 3.09. The third kappa shape index (κ3) is 4.29. The summed E-state index contributed by atoms with van der Waals surface area (Å²) >= 11 is 5.46. The number of anilines is 1. The van der Waals surface area contributed by atoms with E-state index >= 15 is 0 Å². The SMILES string of the molecule is CCCN(CCC)c1ccc(-n2c(-c3cc(CC)c(O)cc3O)n[nH]c2=S)cc1. The van der Waals surface area contributed by atoms with E-state index in [1.54, 1.807) is 10.6 Å². The maximum atomic E-state index is 10.4. The number of hydrogen-bond donors (Lipinski definition) is 3. The minimum atomic E-state index is -0.0383. The summed E-state index contributed by atoms with van der Waals surface area (Å²) in [6.45, 7) is 8.35. The van der Waals surface area contributed by atoms with Gasteiger partial charge in [-0.3, -0.25) is 9.67 Å². The van der Waals surface area contributed by atoms with Crippen LogP contribution in [0, 0.1) is 4.77 Å². The minimum absolute atomic E-state index is 0.0383. The van der Waals surface area contributed by atoms with Crippen molar-refractivity contribution in [3.8, 4) is 28.6 Å². The first-order valence-corrected chi connectivity index (χ1v) is 10.5. The first kappa shape index (κ1) is 20.9. The van der Waals surface area contributed by atoms with Crippen molar-refractivity contribution in [3.63, 3.8) is 0 Å². The van der Waals surface area contributed by atoms with Crippen LogP contribution in [0.5, 0.6) is 11.5 Å². The van der Waals surface area contributed by atoms with Gasteiger partial charge in [-0.15, -0.1) is 0 Å². The molecule has 1 heterocycles. The van der Waals surface area contributed by atoms with Crippen molar-refractivity contribution in [3.05, 3.63) is 46.7 Å². The van der Waals surface area contributed by atoms with Gasteiger partial charge in [0.05, 0.1) is 11.3 Å². The monoisotopic (exact) mass is 412 g/mol. The zero-order chi connectivity index (χ0) is 21.0. The highest BCUT2D eigenvalue weighted by atomic mass is 32.1. The maximum Gasteiger partial charge on any atom is 0.200 e. The summed E-state index contributed by atoms with van der Waals surface area (Å²) < 4.78 is 2.24. The van der Waals surface area contributed by atoms with Crippen LogP contribution in [-0.4, -0.2) is 38.1 Å². The molecule has 0 saturated heterocycles. The zero-order valence-corrected chi connectivity index (χ0v) is 18.0. The fourth-order valence-electron chi connectivity index (χ4n) is 3.52. The molecule has 154 valence electrons. The minimum Gasteiger partial charge on any atom is -0.508 e. The van der Waals surface area contributed by atoms with Gasteiger partial charge in [0.2, 0.25) is 0 Å². The van der Waals surface area contributed by atoms with Crippen LogP contribution >= 0.6 is 12.2 Å². The number of benzene rings is 2. The second-order valence-electron chi connectivity index (χ2n) is 7.04. The number of rotatable bonds is 8. The highest BCUT2D eigenvalue weighted by Gasteiger charge is 2.17. The Kier molecular flexibility index (Phi) is 6.59. The lowest BCUT2D eigenvalue weighted by Gasteiger charge is -2.24. The Hall–Kier alpha value is -2.80. The summed E-state index contributed by atoms with van der Waals surface area (Å²) in [6, 6.07) is 11.3. The van der Waals surface area contributed by atoms with Crippen molar-refractivity contribution < 1.29 is 10.2 Å². The lowest BCUT2D eigenvalue weighted by atomic mass is 10.1. The quantitative estimate of drug-likeness (QED) is 0.444. The molecule has 0 aliphatic carbocycles. The number of aromatic nitrogens is 3. The number of aryl methyl sites for hydroxylation is 1. The van der Waals surface area contributed by atoms with Gasteiger partial charge < -0.3 is 15.1 Å².